The van der Waals surface area contributed by atoms with Gasteiger partial charge >= 0.3 is 0 Å². The molecule has 0 atom stereocenters. The van der Waals surface area contributed by atoms with Crippen molar-refractivity contribution in [2.45, 2.75) is 0 Å². The Morgan fingerprint density at radius 2 is 1.06 bits per heavy atom. The van der Waals surface area contributed by atoms with Gasteiger partial charge in [0.25, 0.3) is 0 Å². The van der Waals surface area contributed by atoms with Crippen LogP contribution in [0.3, 0.4) is 0 Å². The first-order valence-corrected chi connectivity index (χ1v) is 4.41. The maximum Gasteiger partial charge on any atom is 0.226 e. The van der Waals surface area contributed by atoms with Crippen molar-refractivity contribution in [2.24, 2.45) is 0 Å². The molecule has 0 spiro atoms. The van der Waals surface area contributed by atoms with Crippen molar-refractivity contribution in [1.29, 1.82) is 0 Å². The lowest BCUT2D eigenvalue weighted by Gasteiger charge is -2.01. The second-order valence-electron chi connectivity index (χ2n) is 2.97. The molecule has 18 heavy (non-hydrogen) atoms. The van der Waals surface area contributed by atoms with Crippen LogP contribution < -0.4 is 11.7 Å². The molecule has 0 unspecified atom stereocenters. The molecule has 0 aliphatic heterocycles. The maximum atomic E-state index is 5.51. The van der Waals surface area contributed by atoms with E-state index in [9.17, 15) is 0 Å². The molecule has 0 aliphatic carbocycles. The van der Waals surface area contributed by atoms with Crippen molar-refractivity contribution in [2.75, 3.05) is 11.7 Å². The SMILES string of the molecule is Nn1nnnc1-c1nnnnc1-c1nnnn1N. The van der Waals surface area contributed by atoms with E-state index >= 15 is 0 Å². The number of aromatic nitrogens is 12. The van der Waals surface area contributed by atoms with Crippen LogP contribution in [0.15, 0.2) is 0 Å². The van der Waals surface area contributed by atoms with Gasteiger partial charge in [-0.3, -0.25) is 0 Å². The van der Waals surface area contributed by atoms with E-state index in [1.165, 1.54) is 0 Å². The highest BCUT2D eigenvalue weighted by atomic mass is 15.7. The first kappa shape index (κ1) is 9.87. The van der Waals surface area contributed by atoms with Gasteiger partial charge in [-0.1, -0.05) is 0 Å². The summed E-state index contributed by atoms with van der Waals surface area (Å²) in [5.41, 5.74) is 0.304. The summed E-state index contributed by atoms with van der Waals surface area (Å²) in [4.78, 5) is 1.81. The van der Waals surface area contributed by atoms with Gasteiger partial charge in [0.05, 0.1) is 0 Å². The molecule has 0 fully saturated rings. The molecule has 90 valence electrons. The van der Waals surface area contributed by atoms with Crippen LogP contribution in [0.25, 0.3) is 23.0 Å². The fourth-order valence-corrected chi connectivity index (χ4v) is 1.22. The summed E-state index contributed by atoms with van der Waals surface area (Å²) in [5, 5.41) is 35.3. The standard InChI is InChI=1S/C4H4N14/c5-17-3(9-13-15-17)1-2(8-12-11-7-1)4-10-14-16-18(4)6/h5-6H2. The van der Waals surface area contributed by atoms with Gasteiger partial charge in [-0.2, -0.15) is 0 Å². The Morgan fingerprint density at radius 1 is 0.611 bits per heavy atom. The van der Waals surface area contributed by atoms with Crippen molar-refractivity contribution in [3.63, 3.8) is 0 Å². The minimum Gasteiger partial charge on any atom is -0.320 e. The fourth-order valence-electron chi connectivity index (χ4n) is 1.22. The Kier molecular flexibility index (Phi) is 1.98. The van der Waals surface area contributed by atoms with E-state index in [1.54, 1.807) is 0 Å². The number of nitrogen functional groups attached to an aromatic ring is 2. The highest BCUT2D eigenvalue weighted by molar-refractivity contribution is 5.68. The van der Waals surface area contributed by atoms with E-state index in [1.807, 2.05) is 0 Å². The minimum absolute atomic E-state index is 0.121. The third kappa shape index (κ3) is 1.36. The van der Waals surface area contributed by atoms with Crippen LogP contribution in [0, 0.1) is 0 Å². The average molecular weight is 248 g/mol. The summed E-state index contributed by atoms with van der Waals surface area (Å²) >= 11 is 0. The summed E-state index contributed by atoms with van der Waals surface area (Å²) in [5.74, 6) is 11.3. The Hall–Kier alpha value is -3.32. The molecule has 14 heteroatoms. The molecule has 0 amide bonds. The van der Waals surface area contributed by atoms with E-state index in [4.69, 9.17) is 11.7 Å². The summed E-state index contributed by atoms with van der Waals surface area (Å²) in [6.07, 6.45) is 0. The van der Waals surface area contributed by atoms with E-state index in [2.05, 4.69) is 51.7 Å². The van der Waals surface area contributed by atoms with E-state index in [0.29, 0.717) is 0 Å². The first-order valence-electron chi connectivity index (χ1n) is 4.41. The molecular weight excluding hydrogens is 244 g/mol. The third-order valence-corrected chi connectivity index (χ3v) is 1.96. The lowest BCUT2D eigenvalue weighted by Crippen LogP contribution is -2.16. The monoisotopic (exact) mass is 248 g/mol. The molecule has 0 aromatic carbocycles. The lowest BCUT2D eigenvalue weighted by molar-refractivity contribution is 0.734. The summed E-state index contributed by atoms with van der Waals surface area (Å²) in [6.45, 7) is 0. The van der Waals surface area contributed by atoms with Crippen molar-refractivity contribution in [3.05, 3.63) is 0 Å². The first-order chi connectivity index (χ1) is 8.77. The largest absolute Gasteiger partial charge is 0.320 e. The molecule has 0 saturated carbocycles. The molecule has 4 N–H and O–H groups in total. The van der Waals surface area contributed by atoms with Crippen molar-refractivity contribution >= 4 is 0 Å². The predicted octanol–water partition coefficient (Wildman–Crippen LogP) is -4.00. The maximum absolute atomic E-state index is 5.51. The third-order valence-electron chi connectivity index (χ3n) is 1.96. The normalized spacial score (nSPS) is 10.7. The Labute approximate surface area is 96.9 Å². The van der Waals surface area contributed by atoms with Gasteiger partial charge in [0, 0.05) is 0 Å². The molecule has 14 nitrogen and oxygen atoms in total. The van der Waals surface area contributed by atoms with E-state index < -0.39 is 0 Å². The van der Waals surface area contributed by atoms with Crippen molar-refractivity contribution < 1.29 is 0 Å². The Balaban J connectivity index is 2.24. The molecule has 3 rings (SSSR count). The lowest BCUT2D eigenvalue weighted by atomic mass is 10.3. The van der Waals surface area contributed by atoms with Crippen LogP contribution in [-0.4, -0.2) is 61.3 Å². The van der Waals surface area contributed by atoms with Crippen molar-refractivity contribution in [1.82, 2.24) is 61.3 Å². The van der Waals surface area contributed by atoms with E-state index in [0.717, 1.165) is 9.58 Å². The van der Waals surface area contributed by atoms with Gasteiger partial charge in [0.2, 0.25) is 11.6 Å². The second kappa shape index (κ2) is 3.61. The quantitative estimate of drug-likeness (QED) is 0.418. The smallest absolute Gasteiger partial charge is 0.226 e. The van der Waals surface area contributed by atoms with Crippen LogP contribution in [-0.2, 0) is 0 Å². The zero-order valence-electron chi connectivity index (χ0n) is 8.52. The molecule has 3 aromatic heterocycles. The topological polar surface area (TPSA) is 191 Å². The van der Waals surface area contributed by atoms with Gasteiger partial charge in [-0.25, -0.2) is 0 Å². The fraction of sp³-hybridized carbons (Fsp3) is 0. The number of nitrogens with two attached hydrogens (primary N) is 2. The number of rotatable bonds is 2. The molecule has 0 bridgehead atoms. The molecule has 3 aromatic rings. The zero-order chi connectivity index (χ0) is 12.5. The second-order valence-corrected chi connectivity index (χ2v) is 2.97. The van der Waals surface area contributed by atoms with Gasteiger partial charge in [-0.05, 0) is 31.3 Å². The van der Waals surface area contributed by atoms with Crippen molar-refractivity contribution in [3.8, 4) is 23.0 Å². The molecule has 0 radical (unpaired) electrons. The van der Waals surface area contributed by atoms with Crippen LogP contribution >= 0.6 is 0 Å². The summed E-state index contributed by atoms with van der Waals surface area (Å²) < 4.78 is 0. The van der Waals surface area contributed by atoms with Gasteiger partial charge in [-0.15, -0.1) is 30.0 Å². The molecule has 0 aliphatic rings. The Bertz CT molecular complexity index is 619. The number of hydrogen-bond donors (Lipinski definition) is 2. The van der Waals surface area contributed by atoms with Gasteiger partial charge < -0.3 is 11.7 Å². The highest BCUT2D eigenvalue weighted by Crippen LogP contribution is 2.21. The highest BCUT2D eigenvalue weighted by Gasteiger charge is 2.21. The van der Waals surface area contributed by atoms with Gasteiger partial charge in [0.15, 0.2) is 11.4 Å². The Morgan fingerprint density at radius 3 is 1.39 bits per heavy atom. The van der Waals surface area contributed by atoms with Crippen LogP contribution in [0.1, 0.15) is 0 Å². The van der Waals surface area contributed by atoms with Gasteiger partial charge in [0.1, 0.15) is 0 Å². The summed E-state index contributed by atoms with van der Waals surface area (Å²) in [6, 6.07) is 0. The zero-order valence-corrected chi connectivity index (χ0v) is 8.52. The van der Waals surface area contributed by atoms with Crippen LogP contribution in [0.2, 0.25) is 0 Å². The number of nitrogens with zero attached hydrogens (tertiary/aromatic N) is 12. The molecule has 3 heterocycles. The summed E-state index contributed by atoms with van der Waals surface area (Å²) in [7, 11) is 0. The number of hydrogen-bond acceptors (Lipinski definition) is 12. The molecular formula is C4H4N14. The predicted molar refractivity (Wildman–Crippen MR) is 51.5 cm³/mol. The number of tetrazole rings is 2. The minimum atomic E-state index is 0.121. The van der Waals surface area contributed by atoms with Crippen LogP contribution in [0.5, 0.6) is 0 Å². The van der Waals surface area contributed by atoms with Crippen LogP contribution in [0.4, 0.5) is 0 Å². The average Bonchev–Trinajstić information content (AvgIpc) is 2.98. The van der Waals surface area contributed by atoms with E-state index in [-0.39, 0.29) is 23.0 Å². The molecule has 0 saturated heterocycles.